The summed E-state index contributed by atoms with van der Waals surface area (Å²) in [5.74, 6) is 1.72. The Labute approximate surface area is 123 Å². The lowest BCUT2D eigenvalue weighted by molar-refractivity contribution is 0.0770. The summed E-state index contributed by atoms with van der Waals surface area (Å²) in [7, 11) is 1.69. The van der Waals surface area contributed by atoms with Gasteiger partial charge in [-0.25, -0.2) is 0 Å². The molecule has 2 N–H and O–H groups in total. The number of benzene rings is 1. The van der Waals surface area contributed by atoms with Crippen molar-refractivity contribution in [2.24, 2.45) is 11.7 Å². The van der Waals surface area contributed by atoms with Crippen LogP contribution in [0.3, 0.4) is 0 Å². The first-order chi connectivity index (χ1) is 9.52. The standard InChI is InChI=1S/C17H28N2O/c1-12-9-10-19(13(2)11-12)14(3)17(18)15-5-7-16(20-4)8-6-15/h5-8,12-14,17H,9-11,18H2,1-4H3. The van der Waals surface area contributed by atoms with Crippen molar-refractivity contribution >= 4 is 0 Å². The normalized spacial score (nSPS) is 27.1. The summed E-state index contributed by atoms with van der Waals surface area (Å²) in [6, 6.07) is 9.18. The van der Waals surface area contributed by atoms with Crippen molar-refractivity contribution < 1.29 is 4.74 Å². The quantitative estimate of drug-likeness (QED) is 0.917. The highest BCUT2D eigenvalue weighted by atomic mass is 16.5. The van der Waals surface area contributed by atoms with Gasteiger partial charge in [0.15, 0.2) is 0 Å². The number of piperidine rings is 1. The Balaban J connectivity index is 2.05. The van der Waals surface area contributed by atoms with Gasteiger partial charge in [-0.3, -0.25) is 4.90 Å². The van der Waals surface area contributed by atoms with Gasteiger partial charge in [-0.05, 0) is 56.8 Å². The van der Waals surface area contributed by atoms with E-state index in [-0.39, 0.29) is 6.04 Å². The van der Waals surface area contributed by atoms with E-state index in [0.29, 0.717) is 12.1 Å². The third-order valence-electron chi connectivity index (χ3n) is 4.73. The third kappa shape index (κ3) is 3.33. The molecule has 1 heterocycles. The first-order valence-corrected chi connectivity index (χ1v) is 7.68. The molecule has 1 aromatic rings. The van der Waals surface area contributed by atoms with Crippen molar-refractivity contribution in [1.29, 1.82) is 0 Å². The van der Waals surface area contributed by atoms with Gasteiger partial charge in [-0.2, -0.15) is 0 Å². The Kier molecular flexibility index (Phi) is 5.06. The average molecular weight is 276 g/mol. The molecule has 1 fully saturated rings. The Morgan fingerprint density at radius 1 is 1.25 bits per heavy atom. The van der Waals surface area contributed by atoms with Crippen LogP contribution in [-0.2, 0) is 0 Å². The highest BCUT2D eigenvalue weighted by molar-refractivity contribution is 5.29. The van der Waals surface area contributed by atoms with Crippen molar-refractivity contribution in [3.8, 4) is 5.75 Å². The van der Waals surface area contributed by atoms with Crippen molar-refractivity contribution in [2.75, 3.05) is 13.7 Å². The van der Waals surface area contributed by atoms with E-state index in [4.69, 9.17) is 10.5 Å². The first-order valence-electron chi connectivity index (χ1n) is 7.68. The highest BCUT2D eigenvalue weighted by Crippen LogP contribution is 2.28. The fraction of sp³-hybridized carbons (Fsp3) is 0.647. The van der Waals surface area contributed by atoms with Gasteiger partial charge in [-0.15, -0.1) is 0 Å². The Morgan fingerprint density at radius 3 is 2.45 bits per heavy atom. The number of nitrogens with two attached hydrogens (primary N) is 1. The molecule has 1 aliphatic heterocycles. The molecule has 4 unspecified atom stereocenters. The second kappa shape index (κ2) is 6.59. The SMILES string of the molecule is COc1ccc(C(N)C(C)N2CCC(C)CC2C)cc1. The summed E-state index contributed by atoms with van der Waals surface area (Å²) < 4.78 is 5.20. The molecule has 112 valence electrons. The fourth-order valence-corrected chi connectivity index (χ4v) is 3.34. The molecule has 0 amide bonds. The average Bonchev–Trinajstić information content (AvgIpc) is 2.46. The molecule has 0 saturated carbocycles. The number of hydrogen-bond donors (Lipinski definition) is 1. The van der Waals surface area contributed by atoms with E-state index < -0.39 is 0 Å². The van der Waals surface area contributed by atoms with E-state index in [1.54, 1.807) is 7.11 Å². The van der Waals surface area contributed by atoms with E-state index in [0.717, 1.165) is 18.2 Å². The second-order valence-corrected chi connectivity index (χ2v) is 6.26. The van der Waals surface area contributed by atoms with Gasteiger partial charge in [0.25, 0.3) is 0 Å². The second-order valence-electron chi connectivity index (χ2n) is 6.26. The third-order valence-corrected chi connectivity index (χ3v) is 4.73. The summed E-state index contributed by atoms with van der Waals surface area (Å²) >= 11 is 0. The largest absolute Gasteiger partial charge is 0.497 e. The number of hydrogen-bond acceptors (Lipinski definition) is 3. The Morgan fingerprint density at radius 2 is 1.90 bits per heavy atom. The molecule has 0 spiro atoms. The molecule has 0 bridgehead atoms. The number of ether oxygens (including phenoxy) is 1. The van der Waals surface area contributed by atoms with Gasteiger partial charge >= 0.3 is 0 Å². The predicted molar refractivity (Wildman–Crippen MR) is 84.0 cm³/mol. The van der Waals surface area contributed by atoms with Crippen LogP contribution >= 0.6 is 0 Å². The molecular formula is C17H28N2O. The van der Waals surface area contributed by atoms with Gasteiger partial charge in [0.2, 0.25) is 0 Å². The number of nitrogens with zero attached hydrogens (tertiary/aromatic N) is 1. The minimum absolute atomic E-state index is 0.0526. The molecule has 1 aliphatic rings. The molecule has 0 aromatic heterocycles. The lowest BCUT2D eigenvalue weighted by Gasteiger charge is -2.42. The molecule has 1 saturated heterocycles. The molecule has 3 heteroatoms. The smallest absolute Gasteiger partial charge is 0.118 e. The van der Waals surface area contributed by atoms with Crippen LogP contribution in [0.1, 0.15) is 45.2 Å². The monoisotopic (exact) mass is 276 g/mol. The van der Waals surface area contributed by atoms with Crippen LogP contribution < -0.4 is 10.5 Å². The van der Waals surface area contributed by atoms with Crippen LogP contribution in [0.2, 0.25) is 0 Å². The molecule has 20 heavy (non-hydrogen) atoms. The van der Waals surface area contributed by atoms with Gasteiger partial charge in [0.1, 0.15) is 5.75 Å². The van der Waals surface area contributed by atoms with Crippen molar-refractivity contribution in [1.82, 2.24) is 4.90 Å². The van der Waals surface area contributed by atoms with E-state index >= 15 is 0 Å². The molecule has 2 rings (SSSR count). The van der Waals surface area contributed by atoms with Crippen LogP contribution in [-0.4, -0.2) is 30.6 Å². The molecular weight excluding hydrogens is 248 g/mol. The number of methoxy groups -OCH3 is 1. The maximum Gasteiger partial charge on any atom is 0.118 e. The molecule has 0 aliphatic carbocycles. The van der Waals surface area contributed by atoms with E-state index in [1.807, 2.05) is 12.1 Å². The van der Waals surface area contributed by atoms with Gasteiger partial charge in [0, 0.05) is 18.1 Å². The van der Waals surface area contributed by atoms with Crippen LogP contribution in [0.4, 0.5) is 0 Å². The van der Waals surface area contributed by atoms with Gasteiger partial charge in [0.05, 0.1) is 7.11 Å². The predicted octanol–water partition coefficient (Wildman–Crippen LogP) is 3.20. The van der Waals surface area contributed by atoms with E-state index in [9.17, 15) is 0 Å². The minimum atomic E-state index is 0.0526. The van der Waals surface area contributed by atoms with Crippen LogP contribution in [0.25, 0.3) is 0 Å². The Hall–Kier alpha value is -1.06. The molecule has 4 atom stereocenters. The Bertz CT molecular complexity index is 418. The molecule has 0 radical (unpaired) electrons. The maximum absolute atomic E-state index is 6.48. The molecule has 1 aromatic carbocycles. The summed E-state index contributed by atoms with van der Waals surface area (Å²) in [4.78, 5) is 2.56. The topological polar surface area (TPSA) is 38.5 Å². The minimum Gasteiger partial charge on any atom is -0.497 e. The number of likely N-dealkylation sites (tertiary alicyclic amines) is 1. The highest BCUT2D eigenvalue weighted by Gasteiger charge is 2.29. The van der Waals surface area contributed by atoms with Crippen LogP contribution in [0, 0.1) is 5.92 Å². The van der Waals surface area contributed by atoms with Gasteiger partial charge in [-0.1, -0.05) is 19.1 Å². The summed E-state index contributed by atoms with van der Waals surface area (Å²) in [6.45, 7) is 8.09. The molecule has 3 nitrogen and oxygen atoms in total. The fourth-order valence-electron chi connectivity index (χ4n) is 3.34. The van der Waals surface area contributed by atoms with E-state index in [1.165, 1.54) is 18.4 Å². The van der Waals surface area contributed by atoms with Gasteiger partial charge < -0.3 is 10.5 Å². The maximum atomic E-state index is 6.48. The van der Waals surface area contributed by atoms with Crippen molar-refractivity contribution in [3.63, 3.8) is 0 Å². The summed E-state index contributed by atoms with van der Waals surface area (Å²) in [5, 5.41) is 0. The van der Waals surface area contributed by atoms with Crippen LogP contribution in [0.5, 0.6) is 5.75 Å². The van der Waals surface area contributed by atoms with Crippen molar-refractivity contribution in [3.05, 3.63) is 29.8 Å². The van der Waals surface area contributed by atoms with Crippen LogP contribution in [0.15, 0.2) is 24.3 Å². The van der Waals surface area contributed by atoms with Crippen molar-refractivity contribution in [2.45, 2.75) is 51.7 Å². The zero-order valence-corrected chi connectivity index (χ0v) is 13.2. The lowest BCUT2D eigenvalue weighted by atomic mass is 9.90. The van der Waals surface area contributed by atoms with E-state index in [2.05, 4.69) is 37.8 Å². The zero-order chi connectivity index (χ0) is 14.7. The zero-order valence-electron chi connectivity index (χ0n) is 13.2. The number of rotatable bonds is 4. The summed E-state index contributed by atoms with van der Waals surface area (Å²) in [5.41, 5.74) is 7.66. The summed E-state index contributed by atoms with van der Waals surface area (Å²) in [6.07, 6.45) is 2.56. The first kappa shape index (κ1) is 15.3. The lowest BCUT2D eigenvalue weighted by Crippen LogP contribution is -2.49.